The molecule has 0 bridgehead atoms. The van der Waals surface area contributed by atoms with Crippen molar-refractivity contribution in [3.63, 3.8) is 0 Å². The Hall–Kier alpha value is -3.16. The monoisotopic (exact) mass is 414 g/mol. The Labute approximate surface area is 176 Å². The van der Waals surface area contributed by atoms with Crippen LogP contribution in [0.5, 0.6) is 0 Å². The zero-order valence-electron chi connectivity index (χ0n) is 17.6. The van der Waals surface area contributed by atoms with E-state index in [1.54, 1.807) is 12.1 Å². The van der Waals surface area contributed by atoms with Gasteiger partial charge in [-0.1, -0.05) is 25.7 Å². The molecule has 0 aromatic carbocycles. The first-order chi connectivity index (χ1) is 14.5. The van der Waals surface area contributed by atoms with Crippen LogP contribution in [0.15, 0.2) is 43.3 Å². The van der Waals surface area contributed by atoms with E-state index < -0.39 is 0 Å². The van der Waals surface area contributed by atoms with E-state index in [1.807, 2.05) is 26.0 Å². The summed E-state index contributed by atoms with van der Waals surface area (Å²) >= 11 is 0. The van der Waals surface area contributed by atoms with Gasteiger partial charge in [0.05, 0.1) is 12.4 Å². The summed E-state index contributed by atoms with van der Waals surface area (Å²) in [5.74, 6) is 2.63. The highest BCUT2D eigenvalue weighted by molar-refractivity contribution is 5.80. The number of hydrazone groups is 2. The molecule has 2 rings (SSSR count). The molecule has 0 saturated carbocycles. The van der Waals surface area contributed by atoms with Crippen LogP contribution in [0.1, 0.15) is 74.4 Å². The van der Waals surface area contributed by atoms with Crippen molar-refractivity contribution in [2.75, 3.05) is 0 Å². The first kappa shape index (κ1) is 23.1. The third-order valence-electron chi connectivity index (χ3n) is 4.34. The van der Waals surface area contributed by atoms with E-state index in [2.05, 4.69) is 21.1 Å². The van der Waals surface area contributed by atoms with Gasteiger partial charge in [-0.25, -0.2) is 10.9 Å². The zero-order valence-corrected chi connectivity index (χ0v) is 17.6. The van der Waals surface area contributed by atoms with Gasteiger partial charge in [0, 0.05) is 12.8 Å². The number of hydrogen-bond acceptors (Lipinski definition) is 6. The zero-order chi connectivity index (χ0) is 21.6. The Morgan fingerprint density at radius 3 is 1.50 bits per heavy atom. The lowest BCUT2D eigenvalue weighted by Gasteiger charge is -2.02. The standard InChI is InChI=1S/C22H30N4O4/c1-17-11-13-19(29-17)15-23-25-21(27)9-7-5-3-4-6-8-10-22(28)26-24-16-20-14-12-18(2)30-20/h11-16H,3-10H2,1-2H3,(H,25,27)(H,26,28)/b23-15+,24-16+. The molecule has 0 radical (unpaired) electrons. The number of carbonyl (C=O) groups is 2. The molecule has 0 spiro atoms. The van der Waals surface area contributed by atoms with Crippen molar-refractivity contribution in [3.8, 4) is 0 Å². The molecular weight excluding hydrogens is 384 g/mol. The van der Waals surface area contributed by atoms with Gasteiger partial charge in [0.15, 0.2) is 0 Å². The number of unbranched alkanes of at least 4 members (excludes halogenated alkanes) is 5. The molecule has 0 aliphatic heterocycles. The lowest BCUT2D eigenvalue weighted by molar-refractivity contribution is -0.122. The van der Waals surface area contributed by atoms with E-state index >= 15 is 0 Å². The molecule has 0 saturated heterocycles. The van der Waals surface area contributed by atoms with Crippen molar-refractivity contribution >= 4 is 24.2 Å². The minimum Gasteiger partial charge on any atom is -0.460 e. The highest BCUT2D eigenvalue weighted by Gasteiger charge is 2.02. The molecule has 2 heterocycles. The molecule has 0 unspecified atom stereocenters. The summed E-state index contributed by atoms with van der Waals surface area (Å²) in [6.45, 7) is 3.70. The van der Waals surface area contributed by atoms with Crippen LogP contribution in [0.2, 0.25) is 0 Å². The van der Waals surface area contributed by atoms with Gasteiger partial charge in [0.1, 0.15) is 23.0 Å². The number of carbonyl (C=O) groups excluding carboxylic acids is 2. The van der Waals surface area contributed by atoms with Crippen molar-refractivity contribution in [2.45, 2.75) is 65.2 Å². The fourth-order valence-electron chi connectivity index (χ4n) is 2.77. The normalized spacial score (nSPS) is 11.4. The van der Waals surface area contributed by atoms with Crippen LogP contribution in [-0.4, -0.2) is 24.2 Å². The fourth-order valence-corrected chi connectivity index (χ4v) is 2.77. The molecule has 30 heavy (non-hydrogen) atoms. The Kier molecular flexibility index (Phi) is 10.1. The molecule has 162 valence electrons. The number of nitrogens with zero attached hydrogens (tertiary/aromatic N) is 2. The van der Waals surface area contributed by atoms with Gasteiger partial charge in [0.2, 0.25) is 11.8 Å². The van der Waals surface area contributed by atoms with Crippen LogP contribution in [0.3, 0.4) is 0 Å². The summed E-state index contributed by atoms with van der Waals surface area (Å²) in [5, 5.41) is 7.76. The lowest BCUT2D eigenvalue weighted by Crippen LogP contribution is -2.17. The predicted molar refractivity (Wildman–Crippen MR) is 115 cm³/mol. The van der Waals surface area contributed by atoms with Crippen LogP contribution in [0.4, 0.5) is 0 Å². The number of hydrogen-bond donors (Lipinski definition) is 2. The number of amides is 2. The van der Waals surface area contributed by atoms with Gasteiger partial charge in [0.25, 0.3) is 0 Å². The minimum absolute atomic E-state index is 0.100. The summed E-state index contributed by atoms with van der Waals surface area (Å²) < 4.78 is 10.7. The predicted octanol–water partition coefficient (Wildman–Crippen LogP) is 4.21. The maximum atomic E-state index is 11.7. The molecular formula is C22H30N4O4. The summed E-state index contributed by atoms with van der Waals surface area (Å²) in [6, 6.07) is 7.27. The Morgan fingerprint density at radius 1 is 0.733 bits per heavy atom. The first-order valence-electron chi connectivity index (χ1n) is 10.3. The Balaban J connectivity index is 1.41. The SMILES string of the molecule is Cc1ccc(/C=N/NC(=O)CCCCCCCCC(=O)N/N=C/c2ccc(C)o2)o1. The molecule has 2 aromatic heterocycles. The molecule has 0 aliphatic rings. The lowest BCUT2D eigenvalue weighted by atomic mass is 10.1. The molecule has 0 fully saturated rings. The quantitative estimate of drug-likeness (QED) is 0.291. The second-order valence-electron chi connectivity index (χ2n) is 7.10. The van der Waals surface area contributed by atoms with Gasteiger partial charge in [-0.15, -0.1) is 0 Å². The molecule has 0 aliphatic carbocycles. The largest absolute Gasteiger partial charge is 0.460 e. The van der Waals surface area contributed by atoms with Crippen molar-refractivity contribution in [1.29, 1.82) is 0 Å². The summed E-state index contributed by atoms with van der Waals surface area (Å²) in [4.78, 5) is 23.4. The molecule has 2 amide bonds. The van der Waals surface area contributed by atoms with Crippen molar-refractivity contribution in [1.82, 2.24) is 10.9 Å². The molecule has 0 atom stereocenters. The van der Waals surface area contributed by atoms with Crippen LogP contribution in [0, 0.1) is 13.8 Å². The Morgan fingerprint density at radius 2 is 1.13 bits per heavy atom. The maximum Gasteiger partial charge on any atom is 0.240 e. The third kappa shape index (κ3) is 9.86. The number of nitrogens with one attached hydrogen (secondary N) is 2. The smallest absolute Gasteiger partial charge is 0.240 e. The van der Waals surface area contributed by atoms with Gasteiger partial charge in [-0.3, -0.25) is 9.59 Å². The highest BCUT2D eigenvalue weighted by atomic mass is 16.3. The van der Waals surface area contributed by atoms with E-state index in [-0.39, 0.29) is 11.8 Å². The van der Waals surface area contributed by atoms with Gasteiger partial charge >= 0.3 is 0 Å². The van der Waals surface area contributed by atoms with E-state index in [1.165, 1.54) is 12.4 Å². The van der Waals surface area contributed by atoms with Gasteiger partial charge < -0.3 is 8.83 Å². The first-order valence-corrected chi connectivity index (χ1v) is 10.3. The van der Waals surface area contributed by atoms with Crippen molar-refractivity contribution < 1.29 is 18.4 Å². The van der Waals surface area contributed by atoms with Crippen LogP contribution < -0.4 is 10.9 Å². The fraction of sp³-hybridized carbons (Fsp3) is 0.455. The molecule has 8 heteroatoms. The maximum absolute atomic E-state index is 11.7. The number of furan rings is 2. The second-order valence-corrected chi connectivity index (χ2v) is 7.10. The van der Waals surface area contributed by atoms with E-state index in [0.717, 1.165) is 50.0 Å². The average Bonchev–Trinajstić information content (AvgIpc) is 3.31. The van der Waals surface area contributed by atoms with Gasteiger partial charge in [-0.2, -0.15) is 10.2 Å². The van der Waals surface area contributed by atoms with E-state index in [0.29, 0.717) is 24.4 Å². The van der Waals surface area contributed by atoms with Crippen molar-refractivity contribution in [2.24, 2.45) is 10.2 Å². The van der Waals surface area contributed by atoms with Crippen LogP contribution >= 0.6 is 0 Å². The molecule has 2 aromatic rings. The molecule has 2 N–H and O–H groups in total. The second kappa shape index (κ2) is 13.1. The molecule has 8 nitrogen and oxygen atoms in total. The van der Waals surface area contributed by atoms with Crippen LogP contribution in [0.25, 0.3) is 0 Å². The van der Waals surface area contributed by atoms with Crippen molar-refractivity contribution in [3.05, 3.63) is 47.3 Å². The topological polar surface area (TPSA) is 109 Å². The van der Waals surface area contributed by atoms with Crippen LogP contribution in [-0.2, 0) is 9.59 Å². The summed E-state index contributed by atoms with van der Waals surface area (Å²) in [5.41, 5.74) is 5.00. The van der Waals surface area contributed by atoms with E-state index in [4.69, 9.17) is 8.83 Å². The van der Waals surface area contributed by atoms with E-state index in [9.17, 15) is 9.59 Å². The third-order valence-corrected chi connectivity index (χ3v) is 4.34. The summed E-state index contributed by atoms with van der Waals surface area (Å²) in [6.07, 6.45) is 9.56. The minimum atomic E-state index is -0.100. The number of aryl methyl sites for hydroxylation is 2. The highest BCUT2D eigenvalue weighted by Crippen LogP contribution is 2.09. The number of rotatable bonds is 13. The van der Waals surface area contributed by atoms with Gasteiger partial charge in [-0.05, 0) is 51.0 Å². The average molecular weight is 415 g/mol. The summed E-state index contributed by atoms with van der Waals surface area (Å²) in [7, 11) is 0. The Bertz CT molecular complexity index is 781.